The normalized spacial score (nSPS) is 20.8. The Morgan fingerprint density at radius 2 is 2.18 bits per heavy atom. The Morgan fingerprint density at radius 3 is 2.82 bits per heavy atom. The summed E-state index contributed by atoms with van der Waals surface area (Å²) in [6, 6.07) is 5.44. The van der Waals surface area contributed by atoms with Crippen molar-refractivity contribution in [3.05, 3.63) is 30.1 Å². The van der Waals surface area contributed by atoms with E-state index < -0.39 is 23.5 Å². The molecular weight excluding hydrogens is 282 g/mol. The quantitative estimate of drug-likeness (QED) is 0.741. The fraction of sp³-hybridized carbons (Fsp3) is 0.500. The molecule has 0 radical (unpaired) electrons. The number of rotatable bonds is 6. The van der Waals surface area contributed by atoms with E-state index in [-0.39, 0.29) is 18.4 Å². The third kappa shape index (κ3) is 3.90. The Bertz CT molecular complexity index is 557. The van der Waals surface area contributed by atoms with E-state index in [9.17, 15) is 14.4 Å². The molecule has 0 unspecified atom stereocenters. The van der Waals surface area contributed by atoms with E-state index in [1.54, 1.807) is 12.3 Å². The van der Waals surface area contributed by atoms with Crippen LogP contribution in [0.2, 0.25) is 0 Å². The SMILES string of the molecule is CC(C)CNC(=O)C(=O)[C@H]1CNC(=O)[C@@H]1Cc1ccccn1. The van der Waals surface area contributed by atoms with Gasteiger partial charge in [0.2, 0.25) is 11.7 Å². The molecule has 0 spiro atoms. The van der Waals surface area contributed by atoms with Gasteiger partial charge < -0.3 is 10.6 Å². The smallest absolute Gasteiger partial charge is 0.287 e. The zero-order valence-corrected chi connectivity index (χ0v) is 12.8. The highest BCUT2D eigenvalue weighted by Crippen LogP contribution is 2.23. The average molecular weight is 303 g/mol. The number of pyridine rings is 1. The molecule has 2 atom stereocenters. The maximum absolute atomic E-state index is 12.3. The Labute approximate surface area is 129 Å². The van der Waals surface area contributed by atoms with E-state index in [0.29, 0.717) is 13.0 Å². The summed E-state index contributed by atoms with van der Waals surface area (Å²) in [7, 11) is 0. The topological polar surface area (TPSA) is 88.2 Å². The number of carbonyl (C=O) groups excluding carboxylic acids is 3. The maximum atomic E-state index is 12.3. The van der Waals surface area contributed by atoms with Gasteiger partial charge in [0.1, 0.15) is 0 Å². The van der Waals surface area contributed by atoms with E-state index >= 15 is 0 Å². The van der Waals surface area contributed by atoms with Gasteiger partial charge in [-0.1, -0.05) is 19.9 Å². The van der Waals surface area contributed by atoms with Crippen molar-refractivity contribution in [2.75, 3.05) is 13.1 Å². The number of ketones is 1. The summed E-state index contributed by atoms with van der Waals surface area (Å²) in [4.78, 5) is 40.3. The van der Waals surface area contributed by atoms with Crippen LogP contribution in [0.1, 0.15) is 19.5 Å². The Kier molecular flexibility index (Phi) is 5.25. The van der Waals surface area contributed by atoms with Crippen LogP contribution in [0.3, 0.4) is 0 Å². The van der Waals surface area contributed by atoms with Crippen LogP contribution in [0.5, 0.6) is 0 Å². The summed E-state index contributed by atoms with van der Waals surface area (Å²) >= 11 is 0. The third-order valence-corrected chi connectivity index (χ3v) is 3.71. The number of amides is 2. The van der Waals surface area contributed by atoms with Gasteiger partial charge in [-0.3, -0.25) is 19.4 Å². The monoisotopic (exact) mass is 303 g/mol. The molecule has 1 aliphatic rings. The molecule has 0 bridgehead atoms. The largest absolute Gasteiger partial charge is 0.355 e. The lowest BCUT2D eigenvalue weighted by Crippen LogP contribution is -2.40. The van der Waals surface area contributed by atoms with Crippen LogP contribution in [0.4, 0.5) is 0 Å². The van der Waals surface area contributed by atoms with Gasteiger partial charge in [0.15, 0.2) is 0 Å². The summed E-state index contributed by atoms with van der Waals surface area (Å²) in [6.45, 7) is 4.57. The first-order chi connectivity index (χ1) is 10.5. The molecule has 1 aromatic rings. The van der Waals surface area contributed by atoms with Crippen LogP contribution in [0, 0.1) is 17.8 Å². The standard InChI is InChI=1S/C16H21N3O3/c1-10(2)8-18-16(22)14(20)13-9-19-15(21)12(13)7-11-5-3-4-6-17-11/h3-6,10,12-13H,7-9H2,1-2H3,(H,18,22)(H,19,21)/t12-,13+/m1/s1. The molecule has 6 nitrogen and oxygen atoms in total. The molecule has 1 saturated heterocycles. The van der Waals surface area contributed by atoms with Gasteiger partial charge in [0, 0.05) is 31.4 Å². The van der Waals surface area contributed by atoms with Gasteiger partial charge in [-0.25, -0.2) is 0 Å². The molecule has 2 heterocycles. The van der Waals surface area contributed by atoms with E-state index in [4.69, 9.17) is 0 Å². The number of aromatic nitrogens is 1. The van der Waals surface area contributed by atoms with Gasteiger partial charge in [0.25, 0.3) is 5.91 Å². The molecule has 118 valence electrons. The second kappa shape index (κ2) is 7.15. The van der Waals surface area contributed by atoms with Crippen LogP contribution < -0.4 is 10.6 Å². The number of nitrogens with zero attached hydrogens (tertiary/aromatic N) is 1. The lowest BCUT2D eigenvalue weighted by atomic mass is 9.87. The Hall–Kier alpha value is -2.24. The third-order valence-electron chi connectivity index (χ3n) is 3.71. The Morgan fingerprint density at radius 1 is 1.41 bits per heavy atom. The molecule has 1 aliphatic heterocycles. The van der Waals surface area contributed by atoms with Gasteiger partial charge >= 0.3 is 0 Å². The van der Waals surface area contributed by atoms with Crippen molar-refractivity contribution in [2.24, 2.45) is 17.8 Å². The van der Waals surface area contributed by atoms with Crippen LogP contribution in [-0.2, 0) is 20.8 Å². The van der Waals surface area contributed by atoms with Crippen molar-refractivity contribution in [2.45, 2.75) is 20.3 Å². The second-order valence-electron chi connectivity index (χ2n) is 5.95. The fourth-order valence-electron chi connectivity index (χ4n) is 2.47. The minimum Gasteiger partial charge on any atom is -0.355 e. The minimum absolute atomic E-state index is 0.194. The number of carbonyl (C=O) groups is 3. The van der Waals surface area contributed by atoms with Crippen molar-refractivity contribution in [1.82, 2.24) is 15.6 Å². The first-order valence-corrected chi connectivity index (χ1v) is 7.48. The molecule has 2 N–H and O–H groups in total. The highest BCUT2D eigenvalue weighted by atomic mass is 16.2. The van der Waals surface area contributed by atoms with E-state index in [1.165, 1.54) is 0 Å². The molecule has 2 rings (SSSR count). The minimum atomic E-state index is -0.623. The van der Waals surface area contributed by atoms with Gasteiger partial charge in [-0.15, -0.1) is 0 Å². The van der Waals surface area contributed by atoms with Crippen LogP contribution in [-0.4, -0.2) is 35.7 Å². The Balaban J connectivity index is 2.03. The van der Waals surface area contributed by atoms with Gasteiger partial charge in [-0.2, -0.15) is 0 Å². The molecule has 0 saturated carbocycles. The number of Topliss-reactive ketones (excluding diaryl/α,β-unsaturated/α-hetero) is 1. The molecule has 22 heavy (non-hydrogen) atoms. The van der Waals surface area contributed by atoms with Crippen molar-refractivity contribution in [1.29, 1.82) is 0 Å². The van der Waals surface area contributed by atoms with E-state index in [0.717, 1.165) is 5.69 Å². The number of nitrogens with one attached hydrogen (secondary N) is 2. The lowest BCUT2D eigenvalue weighted by molar-refractivity contribution is -0.141. The summed E-state index contributed by atoms with van der Waals surface area (Å²) in [5.41, 5.74) is 0.741. The first-order valence-electron chi connectivity index (χ1n) is 7.48. The van der Waals surface area contributed by atoms with Crippen molar-refractivity contribution in [3.8, 4) is 0 Å². The number of hydrogen-bond donors (Lipinski definition) is 2. The predicted octanol–water partition coefficient (Wildman–Crippen LogP) is 0.328. The maximum Gasteiger partial charge on any atom is 0.287 e. The summed E-state index contributed by atoms with van der Waals surface area (Å²) in [5.74, 6) is -2.22. The zero-order chi connectivity index (χ0) is 16.1. The molecule has 1 fully saturated rings. The van der Waals surface area contributed by atoms with Crippen LogP contribution >= 0.6 is 0 Å². The first kappa shape index (κ1) is 16.1. The number of hydrogen-bond acceptors (Lipinski definition) is 4. The average Bonchev–Trinajstić information content (AvgIpc) is 2.86. The van der Waals surface area contributed by atoms with Crippen molar-refractivity contribution in [3.63, 3.8) is 0 Å². The predicted molar refractivity (Wildman–Crippen MR) is 80.8 cm³/mol. The van der Waals surface area contributed by atoms with Crippen LogP contribution in [0.25, 0.3) is 0 Å². The van der Waals surface area contributed by atoms with Crippen molar-refractivity contribution >= 4 is 17.6 Å². The van der Waals surface area contributed by atoms with Gasteiger partial charge in [0.05, 0.1) is 11.8 Å². The molecule has 0 aliphatic carbocycles. The molecule has 0 aromatic carbocycles. The summed E-state index contributed by atoms with van der Waals surface area (Å²) < 4.78 is 0. The highest BCUT2D eigenvalue weighted by molar-refractivity contribution is 6.37. The molecular formula is C16H21N3O3. The highest BCUT2D eigenvalue weighted by Gasteiger charge is 2.41. The molecule has 6 heteroatoms. The summed E-state index contributed by atoms with van der Waals surface area (Å²) in [5, 5.41) is 5.29. The van der Waals surface area contributed by atoms with E-state index in [1.807, 2.05) is 26.0 Å². The van der Waals surface area contributed by atoms with E-state index in [2.05, 4.69) is 15.6 Å². The zero-order valence-electron chi connectivity index (χ0n) is 12.8. The summed E-state index contributed by atoms with van der Waals surface area (Å²) in [6.07, 6.45) is 2.01. The fourth-order valence-corrected chi connectivity index (χ4v) is 2.47. The molecule has 1 aromatic heterocycles. The van der Waals surface area contributed by atoms with Gasteiger partial charge in [-0.05, 0) is 18.1 Å². The van der Waals surface area contributed by atoms with Crippen LogP contribution in [0.15, 0.2) is 24.4 Å². The van der Waals surface area contributed by atoms with Crippen molar-refractivity contribution < 1.29 is 14.4 Å². The molecule has 2 amide bonds. The second-order valence-corrected chi connectivity index (χ2v) is 5.95. The lowest BCUT2D eigenvalue weighted by Gasteiger charge is -2.15.